The summed E-state index contributed by atoms with van der Waals surface area (Å²) in [5, 5.41) is 2.37. The Morgan fingerprint density at radius 1 is 1.50 bits per heavy atom. The number of aromatic nitrogens is 1. The van der Waals surface area contributed by atoms with Crippen LogP contribution >= 0.6 is 12.2 Å². The molecule has 3 N–H and O–H groups in total. The second-order valence-electron chi connectivity index (χ2n) is 3.54. The van der Waals surface area contributed by atoms with Crippen molar-refractivity contribution in [3.05, 3.63) is 24.0 Å². The quantitative estimate of drug-likeness (QED) is 0.829. The molecule has 1 aromatic heterocycles. The van der Waals surface area contributed by atoms with E-state index in [0.717, 1.165) is 18.3 Å². The van der Waals surface area contributed by atoms with Crippen LogP contribution in [0.25, 0.3) is 0 Å². The molecule has 0 bridgehead atoms. The van der Waals surface area contributed by atoms with E-state index in [0.29, 0.717) is 0 Å². The molecule has 0 saturated heterocycles. The number of rotatable bonds is 3. The minimum atomic E-state index is -4.51. The Morgan fingerprint density at radius 3 is 2.50 bits per heavy atom. The lowest BCUT2D eigenvalue weighted by Gasteiger charge is -2.11. The van der Waals surface area contributed by atoms with Crippen LogP contribution in [0.2, 0.25) is 0 Å². The van der Waals surface area contributed by atoms with Gasteiger partial charge in [0, 0.05) is 0 Å². The summed E-state index contributed by atoms with van der Waals surface area (Å²) in [6.07, 6.45) is -3.58. The first-order valence-electron chi connectivity index (χ1n) is 4.85. The van der Waals surface area contributed by atoms with Crippen LogP contribution in [-0.4, -0.2) is 15.9 Å². The summed E-state index contributed by atoms with van der Waals surface area (Å²) < 4.78 is 36.7. The monoisotopic (exact) mass is 277 g/mol. The van der Waals surface area contributed by atoms with Crippen LogP contribution in [0.3, 0.4) is 0 Å². The van der Waals surface area contributed by atoms with Gasteiger partial charge in [0.1, 0.15) is 5.69 Å². The molecule has 0 aliphatic heterocycles. The zero-order chi connectivity index (χ0) is 13.9. The van der Waals surface area contributed by atoms with Gasteiger partial charge in [0.25, 0.3) is 0 Å². The lowest BCUT2D eigenvalue weighted by molar-refractivity contribution is -0.141. The molecular formula is C10H10F3N3OS. The molecular weight excluding hydrogens is 267 g/mol. The number of thiocarbonyl (C=S) groups is 1. The highest BCUT2D eigenvalue weighted by Crippen LogP contribution is 2.27. The van der Waals surface area contributed by atoms with Crippen molar-refractivity contribution in [3.8, 4) is 0 Å². The number of hydrogen-bond donors (Lipinski definition) is 2. The van der Waals surface area contributed by atoms with Crippen molar-refractivity contribution in [3.63, 3.8) is 0 Å². The van der Waals surface area contributed by atoms with E-state index in [1.807, 2.05) is 0 Å². The zero-order valence-electron chi connectivity index (χ0n) is 9.28. The molecule has 1 rings (SSSR count). The average molecular weight is 277 g/mol. The van der Waals surface area contributed by atoms with Gasteiger partial charge in [-0.2, -0.15) is 13.2 Å². The second kappa shape index (κ2) is 5.30. The second-order valence-corrected chi connectivity index (χ2v) is 4.01. The van der Waals surface area contributed by atoms with Gasteiger partial charge in [-0.25, -0.2) is 4.98 Å². The highest BCUT2D eigenvalue weighted by atomic mass is 32.1. The van der Waals surface area contributed by atoms with E-state index < -0.39 is 23.7 Å². The van der Waals surface area contributed by atoms with Crippen LogP contribution in [-0.2, 0) is 11.0 Å². The van der Waals surface area contributed by atoms with Crippen LogP contribution < -0.4 is 11.1 Å². The molecule has 0 aliphatic carbocycles. The molecule has 98 valence electrons. The van der Waals surface area contributed by atoms with Gasteiger partial charge in [-0.05, 0) is 19.1 Å². The molecule has 18 heavy (non-hydrogen) atoms. The summed E-state index contributed by atoms with van der Waals surface area (Å²) in [7, 11) is 0. The first kappa shape index (κ1) is 14.4. The van der Waals surface area contributed by atoms with E-state index in [2.05, 4.69) is 22.5 Å². The van der Waals surface area contributed by atoms with Crippen molar-refractivity contribution >= 4 is 28.8 Å². The number of pyridine rings is 1. The van der Waals surface area contributed by atoms with Gasteiger partial charge >= 0.3 is 6.18 Å². The molecule has 4 nitrogen and oxygen atoms in total. The molecule has 1 atom stereocenters. The normalized spacial score (nSPS) is 12.9. The van der Waals surface area contributed by atoms with Crippen LogP contribution in [0.1, 0.15) is 12.6 Å². The van der Waals surface area contributed by atoms with E-state index in [4.69, 9.17) is 5.73 Å². The Hall–Kier alpha value is -1.70. The zero-order valence-corrected chi connectivity index (χ0v) is 10.1. The van der Waals surface area contributed by atoms with Crippen molar-refractivity contribution in [2.24, 2.45) is 11.7 Å². The third kappa shape index (κ3) is 3.66. The molecule has 1 amide bonds. The predicted molar refractivity (Wildman–Crippen MR) is 63.8 cm³/mol. The molecule has 8 heteroatoms. The third-order valence-electron chi connectivity index (χ3n) is 2.14. The number of amides is 1. The number of nitrogens with zero attached hydrogens (tertiary/aromatic N) is 1. The fourth-order valence-corrected chi connectivity index (χ4v) is 1.12. The number of alkyl halides is 3. The first-order chi connectivity index (χ1) is 8.21. The molecule has 1 heterocycles. The third-order valence-corrected chi connectivity index (χ3v) is 2.50. The standard InChI is InChI=1S/C10H10F3N3OS/c1-5(8(14)18)9(17)16-6-2-3-7(15-4-6)10(11,12)13/h2-5H,1H3,(H2,14,18)(H,16,17). The maximum atomic E-state index is 12.2. The molecule has 0 radical (unpaired) electrons. The summed E-state index contributed by atoms with van der Waals surface area (Å²) >= 11 is 4.63. The Kier molecular flexibility index (Phi) is 4.23. The number of carbonyl (C=O) groups excluding carboxylic acids is 1. The predicted octanol–water partition coefficient (Wildman–Crippen LogP) is 1.96. The molecule has 0 saturated carbocycles. The smallest absolute Gasteiger partial charge is 0.393 e. The minimum absolute atomic E-state index is 0.00682. The van der Waals surface area contributed by atoms with Crippen LogP contribution in [0.15, 0.2) is 18.3 Å². The Labute approximate surface area is 106 Å². The molecule has 0 spiro atoms. The minimum Gasteiger partial charge on any atom is -0.393 e. The molecule has 0 fully saturated rings. The summed E-state index contributed by atoms with van der Waals surface area (Å²) in [5.41, 5.74) is 4.40. The van der Waals surface area contributed by atoms with E-state index >= 15 is 0 Å². The van der Waals surface area contributed by atoms with Crippen molar-refractivity contribution in [1.29, 1.82) is 0 Å². The molecule has 1 aromatic rings. The molecule has 0 aliphatic rings. The van der Waals surface area contributed by atoms with Crippen LogP contribution in [0.4, 0.5) is 18.9 Å². The number of nitrogens with one attached hydrogen (secondary N) is 1. The fraction of sp³-hybridized carbons (Fsp3) is 0.300. The van der Waals surface area contributed by atoms with Crippen LogP contribution in [0, 0.1) is 5.92 Å². The van der Waals surface area contributed by atoms with Gasteiger partial charge in [-0.3, -0.25) is 4.79 Å². The van der Waals surface area contributed by atoms with Gasteiger partial charge in [-0.15, -0.1) is 0 Å². The lowest BCUT2D eigenvalue weighted by Crippen LogP contribution is -2.30. The lowest BCUT2D eigenvalue weighted by atomic mass is 10.1. The fourth-order valence-electron chi connectivity index (χ4n) is 1.02. The van der Waals surface area contributed by atoms with Gasteiger partial charge in [0.05, 0.1) is 22.8 Å². The highest BCUT2D eigenvalue weighted by molar-refractivity contribution is 7.80. The topological polar surface area (TPSA) is 68.0 Å². The van der Waals surface area contributed by atoms with E-state index in [-0.39, 0.29) is 10.7 Å². The van der Waals surface area contributed by atoms with E-state index in [1.54, 1.807) is 0 Å². The van der Waals surface area contributed by atoms with Crippen molar-refractivity contribution in [2.75, 3.05) is 5.32 Å². The van der Waals surface area contributed by atoms with Gasteiger partial charge in [-0.1, -0.05) is 12.2 Å². The maximum absolute atomic E-state index is 12.2. The molecule has 0 aromatic carbocycles. The Bertz CT molecular complexity index is 458. The van der Waals surface area contributed by atoms with Gasteiger partial charge in [0.15, 0.2) is 0 Å². The van der Waals surface area contributed by atoms with Crippen molar-refractivity contribution in [2.45, 2.75) is 13.1 Å². The maximum Gasteiger partial charge on any atom is 0.433 e. The number of nitrogens with two attached hydrogens (primary N) is 1. The first-order valence-corrected chi connectivity index (χ1v) is 5.26. The van der Waals surface area contributed by atoms with Gasteiger partial charge in [0.2, 0.25) is 5.91 Å². The van der Waals surface area contributed by atoms with E-state index in [9.17, 15) is 18.0 Å². The summed E-state index contributed by atoms with van der Waals surface area (Å²) in [6, 6.07) is 1.89. The number of anilines is 1. The number of carbonyl (C=O) groups is 1. The molecule has 1 unspecified atom stereocenters. The van der Waals surface area contributed by atoms with Gasteiger partial charge < -0.3 is 11.1 Å². The summed E-state index contributed by atoms with van der Waals surface area (Å²) in [4.78, 5) is 14.7. The number of hydrogen-bond acceptors (Lipinski definition) is 3. The Morgan fingerprint density at radius 2 is 2.11 bits per heavy atom. The largest absolute Gasteiger partial charge is 0.433 e. The number of halogens is 3. The Balaban J connectivity index is 2.76. The average Bonchev–Trinajstić information content (AvgIpc) is 2.27. The van der Waals surface area contributed by atoms with Crippen LogP contribution in [0.5, 0.6) is 0 Å². The van der Waals surface area contributed by atoms with Crippen molar-refractivity contribution < 1.29 is 18.0 Å². The SMILES string of the molecule is CC(C(=O)Nc1ccc(C(F)(F)F)nc1)C(N)=S. The summed E-state index contributed by atoms with van der Waals surface area (Å²) in [6.45, 7) is 1.50. The van der Waals surface area contributed by atoms with E-state index in [1.165, 1.54) is 6.92 Å². The summed E-state index contributed by atoms with van der Waals surface area (Å²) in [5.74, 6) is -1.20. The van der Waals surface area contributed by atoms with Crippen molar-refractivity contribution in [1.82, 2.24) is 4.98 Å². The highest BCUT2D eigenvalue weighted by Gasteiger charge is 2.32.